The van der Waals surface area contributed by atoms with Crippen molar-refractivity contribution in [2.75, 3.05) is 0 Å². The molecule has 194 valence electrons. The Kier molecular flexibility index (Phi) is 5.22. The summed E-state index contributed by atoms with van der Waals surface area (Å²) in [5.74, 6) is 0. The van der Waals surface area contributed by atoms with Gasteiger partial charge in [0, 0.05) is 43.8 Å². The van der Waals surface area contributed by atoms with Gasteiger partial charge < -0.3 is 8.83 Å². The van der Waals surface area contributed by atoms with Crippen LogP contribution in [0.5, 0.6) is 0 Å². The van der Waals surface area contributed by atoms with Crippen LogP contribution in [0.3, 0.4) is 0 Å². The molecular weight excluding hydrogens is 516 g/mol. The average Bonchev–Trinajstić information content (AvgIpc) is 3.62. The largest absolute Gasteiger partial charge is 0.456 e. The number of benzene rings is 6. The van der Waals surface area contributed by atoms with Gasteiger partial charge in [-0.25, -0.2) is 0 Å². The maximum atomic E-state index is 10.7. The normalized spacial score (nSPS) is 11.3. The number of para-hydroxylation sites is 3. The van der Waals surface area contributed by atoms with E-state index in [-0.39, 0.29) is 0 Å². The van der Waals surface area contributed by atoms with Crippen molar-refractivity contribution in [1.82, 2.24) is 0 Å². The van der Waals surface area contributed by atoms with Crippen molar-refractivity contribution in [2.45, 2.75) is 0 Å². The van der Waals surface area contributed by atoms with Crippen LogP contribution in [0, 0.1) is 22.7 Å². The van der Waals surface area contributed by atoms with Crippen LogP contribution in [0.25, 0.3) is 77.3 Å². The molecule has 0 amide bonds. The molecule has 2 heterocycles. The number of nitrogens with zero attached hydrogens (tertiary/aromatic N) is 2. The Bertz CT molecular complexity index is 2450. The third-order valence-corrected chi connectivity index (χ3v) is 8.00. The highest BCUT2D eigenvalue weighted by Crippen LogP contribution is 2.44. The predicted molar refractivity (Wildman–Crippen MR) is 167 cm³/mol. The Balaban J connectivity index is 1.51. The van der Waals surface area contributed by atoms with Gasteiger partial charge in [0.25, 0.3) is 0 Å². The molecule has 0 atom stereocenters. The van der Waals surface area contributed by atoms with Crippen LogP contribution < -0.4 is 0 Å². The van der Waals surface area contributed by atoms with Gasteiger partial charge in [-0.1, -0.05) is 84.9 Å². The van der Waals surface area contributed by atoms with E-state index >= 15 is 0 Å². The molecule has 0 N–H and O–H groups in total. The Labute approximate surface area is 240 Å². The number of hydrogen-bond donors (Lipinski definition) is 0. The maximum absolute atomic E-state index is 10.7. The van der Waals surface area contributed by atoms with E-state index in [4.69, 9.17) is 8.83 Å². The van der Waals surface area contributed by atoms with Crippen LogP contribution >= 0.6 is 0 Å². The first-order valence-corrected chi connectivity index (χ1v) is 13.6. The van der Waals surface area contributed by atoms with Crippen LogP contribution in [0.4, 0.5) is 0 Å². The molecule has 0 radical (unpaired) electrons. The summed E-state index contributed by atoms with van der Waals surface area (Å²) >= 11 is 0. The minimum atomic E-state index is 0.496. The van der Waals surface area contributed by atoms with Crippen molar-refractivity contribution in [3.63, 3.8) is 0 Å². The molecule has 0 aliphatic rings. The Morgan fingerprint density at radius 2 is 1.05 bits per heavy atom. The molecule has 0 saturated heterocycles. The van der Waals surface area contributed by atoms with Gasteiger partial charge in [-0.05, 0) is 47.5 Å². The average molecular weight is 537 g/mol. The van der Waals surface area contributed by atoms with Gasteiger partial charge in [-0.15, -0.1) is 0 Å². The molecule has 6 aromatic carbocycles. The summed E-state index contributed by atoms with van der Waals surface area (Å²) in [4.78, 5) is 0. The third-order valence-electron chi connectivity index (χ3n) is 8.00. The molecule has 0 fully saturated rings. The minimum absolute atomic E-state index is 0.496. The van der Waals surface area contributed by atoms with Gasteiger partial charge in [-0.2, -0.15) is 10.5 Å². The van der Waals surface area contributed by atoms with Crippen LogP contribution in [-0.2, 0) is 0 Å². The molecule has 0 aliphatic carbocycles. The molecular formula is C38H20N2O2. The summed E-state index contributed by atoms with van der Waals surface area (Å²) in [5, 5.41) is 24.7. The van der Waals surface area contributed by atoms with Gasteiger partial charge in [0.05, 0.1) is 17.2 Å². The third kappa shape index (κ3) is 3.47. The fourth-order valence-corrected chi connectivity index (χ4v) is 6.13. The van der Waals surface area contributed by atoms with E-state index in [1.165, 1.54) is 0 Å². The zero-order valence-electron chi connectivity index (χ0n) is 22.3. The number of nitriles is 2. The molecule has 8 aromatic rings. The predicted octanol–water partition coefficient (Wildman–Crippen LogP) is 10.2. The molecule has 4 heteroatoms. The van der Waals surface area contributed by atoms with Gasteiger partial charge in [0.1, 0.15) is 28.4 Å². The summed E-state index contributed by atoms with van der Waals surface area (Å²) in [6, 6.07) is 44.4. The van der Waals surface area contributed by atoms with Crippen molar-refractivity contribution in [3.8, 4) is 45.5 Å². The highest BCUT2D eigenvalue weighted by atomic mass is 16.3. The van der Waals surface area contributed by atoms with Crippen LogP contribution in [0.15, 0.2) is 130 Å². The van der Waals surface area contributed by atoms with Crippen LogP contribution in [0.2, 0.25) is 0 Å². The number of rotatable bonds is 3. The van der Waals surface area contributed by atoms with Crippen molar-refractivity contribution in [2.24, 2.45) is 0 Å². The molecule has 4 nitrogen and oxygen atoms in total. The molecule has 42 heavy (non-hydrogen) atoms. The highest BCUT2D eigenvalue weighted by Gasteiger charge is 2.22. The molecule has 0 spiro atoms. The van der Waals surface area contributed by atoms with Crippen LogP contribution in [0.1, 0.15) is 11.1 Å². The first kappa shape index (κ1) is 23.8. The first-order valence-electron chi connectivity index (χ1n) is 13.6. The van der Waals surface area contributed by atoms with E-state index in [0.29, 0.717) is 22.3 Å². The summed E-state index contributed by atoms with van der Waals surface area (Å²) in [6.45, 7) is 0. The van der Waals surface area contributed by atoms with Crippen LogP contribution in [-0.4, -0.2) is 0 Å². The highest BCUT2D eigenvalue weighted by molar-refractivity contribution is 6.14. The molecule has 0 bridgehead atoms. The molecule has 8 rings (SSSR count). The smallest absolute Gasteiger partial charge is 0.143 e. The van der Waals surface area contributed by atoms with E-state index < -0.39 is 0 Å². The Morgan fingerprint density at radius 3 is 1.86 bits per heavy atom. The summed E-state index contributed by atoms with van der Waals surface area (Å²) in [7, 11) is 0. The second-order valence-corrected chi connectivity index (χ2v) is 10.3. The minimum Gasteiger partial charge on any atom is -0.456 e. The van der Waals surface area contributed by atoms with Crippen molar-refractivity contribution >= 4 is 43.9 Å². The summed E-state index contributed by atoms with van der Waals surface area (Å²) in [5.41, 5.74) is 9.00. The fraction of sp³-hybridized carbons (Fsp3) is 0. The Morgan fingerprint density at radius 1 is 0.452 bits per heavy atom. The van der Waals surface area contributed by atoms with Crippen molar-refractivity contribution < 1.29 is 8.83 Å². The van der Waals surface area contributed by atoms with E-state index in [9.17, 15) is 10.5 Å². The quantitative estimate of drug-likeness (QED) is 0.225. The number of furan rings is 2. The fourth-order valence-electron chi connectivity index (χ4n) is 6.13. The maximum Gasteiger partial charge on any atom is 0.143 e. The number of fused-ring (bicyclic) bond motifs is 6. The van der Waals surface area contributed by atoms with Gasteiger partial charge in [0.15, 0.2) is 0 Å². The zero-order chi connectivity index (χ0) is 28.2. The lowest BCUT2D eigenvalue weighted by molar-refractivity contribution is 0.669. The van der Waals surface area contributed by atoms with E-state index in [1.807, 2.05) is 97.1 Å². The van der Waals surface area contributed by atoms with E-state index in [2.05, 4.69) is 30.3 Å². The summed E-state index contributed by atoms with van der Waals surface area (Å²) < 4.78 is 12.6. The lowest BCUT2D eigenvalue weighted by Gasteiger charge is -2.16. The molecule has 0 saturated carbocycles. The zero-order valence-corrected chi connectivity index (χ0v) is 22.3. The van der Waals surface area contributed by atoms with Gasteiger partial charge in [0.2, 0.25) is 0 Å². The number of hydrogen-bond acceptors (Lipinski definition) is 4. The van der Waals surface area contributed by atoms with E-state index in [1.54, 1.807) is 6.07 Å². The monoisotopic (exact) mass is 536 g/mol. The molecule has 2 aromatic heterocycles. The van der Waals surface area contributed by atoms with Gasteiger partial charge >= 0.3 is 0 Å². The summed E-state index contributed by atoms with van der Waals surface area (Å²) in [6.07, 6.45) is 0. The first-order chi connectivity index (χ1) is 20.7. The van der Waals surface area contributed by atoms with Crippen molar-refractivity contribution in [3.05, 3.63) is 132 Å². The van der Waals surface area contributed by atoms with Crippen molar-refractivity contribution in [1.29, 1.82) is 10.5 Å². The lowest BCUT2D eigenvalue weighted by atomic mass is 9.85. The molecule has 0 unspecified atom stereocenters. The lowest BCUT2D eigenvalue weighted by Crippen LogP contribution is -1.95. The molecule has 0 aliphatic heterocycles. The van der Waals surface area contributed by atoms with Gasteiger partial charge in [-0.3, -0.25) is 0 Å². The second kappa shape index (κ2) is 9.24. The second-order valence-electron chi connectivity index (χ2n) is 10.3. The SMILES string of the molecule is N#Cc1ccccc1-c1cc(-c2cccc3c2oc2ccccc23)cc(-c2cccc3oc4ccccc4c23)c1C#N. The topological polar surface area (TPSA) is 73.9 Å². The standard InChI is InChI=1S/C38H20N2O2/c39-21-23-9-1-2-10-25(23)31-19-24(26-13-7-15-29-27-11-3-5-16-34(27)42-38(26)29)20-32(33(31)22-40)28-14-8-18-36-37(28)30-12-4-6-17-35(30)41-36/h1-20H. The van der Waals surface area contributed by atoms with E-state index in [0.717, 1.165) is 66.1 Å². The Hall–Kier alpha value is -6.10.